The molecule has 4 rings (SSSR count). The number of rotatable bonds is 9. The third-order valence-corrected chi connectivity index (χ3v) is 7.00. The summed E-state index contributed by atoms with van der Waals surface area (Å²) in [4.78, 5) is 32.5. The Morgan fingerprint density at radius 1 is 1.26 bits per heavy atom. The van der Waals surface area contributed by atoms with Crippen LogP contribution in [0.2, 0.25) is 0 Å². The fourth-order valence-electron chi connectivity index (χ4n) is 4.44. The van der Waals surface area contributed by atoms with Crippen LogP contribution in [0.3, 0.4) is 0 Å². The van der Waals surface area contributed by atoms with Crippen molar-refractivity contribution in [1.29, 1.82) is 0 Å². The van der Waals surface area contributed by atoms with E-state index in [1.807, 2.05) is 22.4 Å². The molecule has 0 unspecified atom stereocenters. The highest BCUT2D eigenvalue weighted by molar-refractivity contribution is 8.16. The average Bonchev–Trinajstić information content (AvgIpc) is 3.51. The third-order valence-electron chi connectivity index (χ3n) is 6.11. The molecule has 0 aromatic heterocycles. The summed E-state index contributed by atoms with van der Waals surface area (Å²) in [6.07, 6.45) is 2.19. The Bertz CT molecular complexity index is 1080. The predicted octanol–water partition coefficient (Wildman–Crippen LogP) is 3.53. The van der Waals surface area contributed by atoms with Gasteiger partial charge in [0.15, 0.2) is 16.7 Å². The first-order valence-electron chi connectivity index (χ1n) is 11.7. The Morgan fingerprint density at radius 2 is 2.06 bits per heavy atom. The Morgan fingerprint density at radius 3 is 2.74 bits per heavy atom. The van der Waals surface area contributed by atoms with Gasteiger partial charge in [-0.3, -0.25) is 4.79 Å². The van der Waals surface area contributed by atoms with E-state index < -0.39 is 12.0 Å². The molecule has 9 nitrogen and oxygen atoms in total. The highest BCUT2D eigenvalue weighted by Crippen LogP contribution is 2.46. The molecule has 3 aliphatic rings. The fourth-order valence-corrected chi connectivity index (χ4v) is 5.40. The molecule has 1 amide bonds. The minimum atomic E-state index is -0.534. The van der Waals surface area contributed by atoms with E-state index in [2.05, 4.69) is 10.3 Å². The lowest BCUT2D eigenvalue weighted by molar-refractivity contribution is -0.139. The highest BCUT2D eigenvalue weighted by Gasteiger charge is 2.41. The van der Waals surface area contributed by atoms with E-state index in [0.29, 0.717) is 34.5 Å². The van der Waals surface area contributed by atoms with Gasteiger partial charge in [-0.1, -0.05) is 17.8 Å². The Kier molecular flexibility index (Phi) is 8.02. The number of amidine groups is 1. The molecule has 188 valence electrons. The largest absolute Gasteiger partial charge is 0.493 e. The van der Waals surface area contributed by atoms with Crippen molar-refractivity contribution in [3.05, 3.63) is 46.1 Å². The minimum absolute atomic E-state index is 0.0681. The van der Waals surface area contributed by atoms with Gasteiger partial charge in [0.05, 0.1) is 50.7 Å². The van der Waals surface area contributed by atoms with Crippen molar-refractivity contribution in [2.24, 2.45) is 4.99 Å². The maximum absolute atomic E-state index is 13.1. The van der Waals surface area contributed by atoms with E-state index in [0.717, 1.165) is 30.7 Å². The molecule has 2 atom stereocenters. The third kappa shape index (κ3) is 5.33. The molecule has 0 saturated carbocycles. The number of carbonyl (C=O) groups is 2. The van der Waals surface area contributed by atoms with Gasteiger partial charge in [0.2, 0.25) is 5.91 Å². The number of esters is 1. The number of carbonyl (C=O) groups excluding carboxylic acids is 2. The van der Waals surface area contributed by atoms with Gasteiger partial charge in [0.25, 0.3) is 0 Å². The van der Waals surface area contributed by atoms with E-state index in [4.69, 9.17) is 18.9 Å². The molecule has 3 heterocycles. The number of fused-ring (bicyclic) bond motifs is 1. The fraction of sp³-hybridized carbons (Fsp3) is 0.480. The summed E-state index contributed by atoms with van der Waals surface area (Å²) >= 11 is 1.43. The molecule has 1 aromatic carbocycles. The van der Waals surface area contributed by atoms with Crippen molar-refractivity contribution >= 4 is 28.8 Å². The molecular formula is C25H31N3O6S. The molecular weight excluding hydrogens is 470 g/mol. The summed E-state index contributed by atoms with van der Waals surface area (Å²) < 4.78 is 21.9. The van der Waals surface area contributed by atoms with Crippen LogP contribution in [0.4, 0.5) is 0 Å². The van der Waals surface area contributed by atoms with Crippen LogP contribution < -0.4 is 14.8 Å². The van der Waals surface area contributed by atoms with Crippen LogP contribution in [0.5, 0.6) is 11.5 Å². The van der Waals surface area contributed by atoms with Crippen LogP contribution >= 0.6 is 11.8 Å². The van der Waals surface area contributed by atoms with Crippen molar-refractivity contribution in [2.45, 2.75) is 45.3 Å². The van der Waals surface area contributed by atoms with Gasteiger partial charge in [-0.2, -0.15) is 0 Å². The highest BCUT2D eigenvalue weighted by atomic mass is 32.2. The number of aliphatic imine (C=N–C) groups is 1. The van der Waals surface area contributed by atoms with Crippen LogP contribution in [0, 0.1) is 0 Å². The summed E-state index contributed by atoms with van der Waals surface area (Å²) in [5.74, 6) is 0.580. The zero-order valence-corrected chi connectivity index (χ0v) is 21.3. The maximum Gasteiger partial charge on any atom is 0.338 e. The zero-order valence-electron chi connectivity index (χ0n) is 20.5. The van der Waals surface area contributed by atoms with Crippen molar-refractivity contribution in [2.75, 3.05) is 34.0 Å². The number of nitrogens with zero attached hydrogens (tertiary/aromatic N) is 2. The van der Waals surface area contributed by atoms with Crippen molar-refractivity contribution in [3.63, 3.8) is 0 Å². The van der Waals surface area contributed by atoms with Gasteiger partial charge in [-0.15, -0.1) is 0 Å². The second kappa shape index (κ2) is 11.2. The van der Waals surface area contributed by atoms with Crippen LogP contribution in [-0.2, 0) is 19.1 Å². The minimum Gasteiger partial charge on any atom is -0.493 e. The monoisotopic (exact) mass is 501 g/mol. The number of hydrogen-bond donors (Lipinski definition) is 1. The first-order valence-corrected chi connectivity index (χ1v) is 12.6. The van der Waals surface area contributed by atoms with Crippen LogP contribution in [-0.4, -0.2) is 62.0 Å². The molecule has 0 spiro atoms. The molecule has 10 heteroatoms. The smallest absolute Gasteiger partial charge is 0.338 e. The molecule has 1 N–H and O–H groups in total. The molecule has 3 aliphatic heterocycles. The molecule has 1 fully saturated rings. The van der Waals surface area contributed by atoms with Crippen LogP contribution in [0.25, 0.3) is 0 Å². The molecule has 1 saturated heterocycles. The predicted molar refractivity (Wildman–Crippen MR) is 133 cm³/mol. The van der Waals surface area contributed by atoms with E-state index in [1.54, 1.807) is 34.1 Å². The van der Waals surface area contributed by atoms with Crippen LogP contribution in [0.1, 0.15) is 44.7 Å². The van der Waals surface area contributed by atoms with Crippen molar-refractivity contribution in [1.82, 2.24) is 10.2 Å². The lowest BCUT2D eigenvalue weighted by Gasteiger charge is -2.36. The number of hydrogen-bond acceptors (Lipinski definition) is 9. The second-order valence-corrected chi connectivity index (χ2v) is 9.18. The summed E-state index contributed by atoms with van der Waals surface area (Å²) in [5, 5.41) is 5.60. The van der Waals surface area contributed by atoms with Gasteiger partial charge in [0.1, 0.15) is 0 Å². The van der Waals surface area contributed by atoms with E-state index >= 15 is 0 Å². The number of amides is 1. The second-order valence-electron chi connectivity index (χ2n) is 8.34. The van der Waals surface area contributed by atoms with Gasteiger partial charge < -0.3 is 29.2 Å². The van der Waals surface area contributed by atoms with E-state index in [1.165, 1.54) is 11.8 Å². The lowest BCUT2D eigenvalue weighted by atomic mass is 9.93. The summed E-state index contributed by atoms with van der Waals surface area (Å²) in [7, 11) is 3.14. The summed E-state index contributed by atoms with van der Waals surface area (Å²) in [6.45, 7) is 5.05. The number of ether oxygens (including phenoxy) is 4. The first kappa shape index (κ1) is 25.1. The Labute approximate surface area is 209 Å². The SMILES string of the molecule is CCOC(=O)C1=C(C)N=C2SC=C(CC(=O)NC[C@H]3CCCO3)N2[C@H]1c1ccc(OC)c(OC)c1. The molecule has 0 aliphatic carbocycles. The number of allylic oxidation sites excluding steroid dienone is 1. The Balaban J connectivity index is 1.65. The summed E-state index contributed by atoms with van der Waals surface area (Å²) in [5.41, 5.74) is 2.56. The quantitative estimate of drug-likeness (QED) is 0.513. The van der Waals surface area contributed by atoms with Gasteiger partial charge in [-0.05, 0) is 49.8 Å². The maximum atomic E-state index is 13.1. The number of thioether (sulfide) groups is 1. The number of benzene rings is 1. The van der Waals surface area contributed by atoms with E-state index in [9.17, 15) is 9.59 Å². The average molecular weight is 502 g/mol. The summed E-state index contributed by atoms with van der Waals surface area (Å²) in [6, 6.07) is 5.00. The molecule has 35 heavy (non-hydrogen) atoms. The van der Waals surface area contributed by atoms with Gasteiger partial charge in [0, 0.05) is 18.8 Å². The van der Waals surface area contributed by atoms with Crippen molar-refractivity contribution in [3.8, 4) is 11.5 Å². The van der Waals surface area contributed by atoms with Crippen LogP contribution in [0.15, 0.2) is 45.6 Å². The normalized spacial score (nSPS) is 21.3. The van der Waals surface area contributed by atoms with Gasteiger partial charge >= 0.3 is 5.97 Å². The number of methoxy groups -OCH3 is 2. The molecule has 0 bridgehead atoms. The van der Waals surface area contributed by atoms with E-state index in [-0.39, 0.29) is 25.0 Å². The standard InChI is InChI=1S/C25H31N3O6S/c1-5-33-24(30)22-15(2)27-25-28(23(22)16-8-9-19(31-3)20(11-16)32-4)17(14-35-25)12-21(29)26-13-18-7-6-10-34-18/h8-9,11,14,18,23H,5-7,10,12-13H2,1-4H3,(H,26,29)/t18-,23+/m1/s1. The topological polar surface area (TPSA) is 98.7 Å². The Hall–Kier alpha value is -2.98. The molecule has 0 radical (unpaired) electrons. The molecule has 1 aromatic rings. The first-order chi connectivity index (χ1) is 17.0. The number of nitrogens with one attached hydrogen (secondary N) is 1. The lowest BCUT2D eigenvalue weighted by Crippen LogP contribution is -2.38. The van der Waals surface area contributed by atoms with Crippen molar-refractivity contribution < 1.29 is 28.5 Å². The van der Waals surface area contributed by atoms with Gasteiger partial charge in [-0.25, -0.2) is 9.79 Å². The zero-order chi connectivity index (χ0) is 24.9.